The summed E-state index contributed by atoms with van der Waals surface area (Å²) in [6.45, 7) is 6.86. The number of aromatic nitrogens is 2. The van der Waals surface area contributed by atoms with Crippen LogP contribution in [0.25, 0.3) is 0 Å². The predicted octanol–water partition coefficient (Wildman–Crippen LogP) is 3.49. The van der Waals surface area contributed by atoms with E-state index >= 15 is 0 Å². The number of hydrogen-bond donors (Lipinski definition) is 0. The number of carbonyl (C=O) groups is 1. The van der Waals surface area contributed by atoms with Gasteiger partial charge in [-0.2, -0.15) is 4.98 Å². The summed E-state index contributed by atoms with van der Waals surface area (Å²) in [4.78, 5) is 19.5. The highest BCUT2D eigenvalue weighted by molar-refractivity contribution is 5.98. The van der Waals surface area contributed by atoms with Gasteiger partial charge >= 0.3 is 0 Å². The highest BCUT2D eigenvalue weighted by Crippen LogP contribution is 2.42. The second-order valence-corrected chi connectivity index (χ2v) is 6.89. The van der Waals surface area contributed by atoms with Crippen molar-refractivity contribution in [2.45, 2.75) is 58.1 Å². The molecule has 3 heterocycles. The van der Waals surface area contributed by atoms with E-state index in [1.807, 2.05) is 30.9 Å². The fourth-order valence-corrected chi connectivity index (χ4v) is 3.73. The molecular formula is C19H23N3O3. The summed E-state index contributed by atoms with van der Waals surface area (Å²) in [5.41, 5.74) is 1.75. The van der Waals surface area contributed by atoms with E-state index in [0.29, 0.717) is 36.2 Å². The molecule has 4 rings (SSSR count). The zero-order valence-electron chi connectivity index (χ0n) is 14.9. The molecule has 3 atom stereocenters. The number of carbonyl (C=O) groups excluding carboxylic acids is 1. The molecule has 0 saturated carbocycles. The molecule has 25 heavy (non-hydrogen) atoms. The maximum atomic E-state index is 13.2. The Hall–Kier alpha value is -2.37. The first-order valence-corrected chi connectivity index (χ1v) is 9.03. The van der Waals surface area contributed by atoms with Gasteiger partial charge in [0.1, 0.15) is 11.9 Å². The van der Waals surface area contributed by atoms with Crippen molar-refractivity contribution in [2.75, 3.05) is 6.54 Å². The molecule has 0 N–H and O–H groups in total. The molecule has 132 valence electrons. The largest absolute Gasteiger partial charge is 0.489 e. The van der Waals surface area contributed by atoms with Crippen LogP contribution in [0, 0.1) is 0 Å². The quantitative estimate of drug-likeness (QED) is 0.855. The molecule has 0 spiro atoms. The van der Waals surface area contributed by atoms with Crippen LogP contribution in [0.15, 0.2) is 22.7 Å². The number of benzene rings is 1. The first kappa shape index (κ1) is 16.1. The van der Waals surface area contributed by atoms with Crippen molar-refractivity contribution in [3.63, 3.8) is 0 Å². The van der Waals surface area contributed by atoms with Gasteiger partial charge in [-0.25, -0.2) is 0 Å². The lowest BCUT2D eigenvalue weighted by Crippen LogP contribution is -2.31. The Kier molecular flexibility index (Phi) is 3.98. The first-order chi connectivity index (χ1) is 12.1. The lowest BCUT2D eigenvalue weighted by molar-refractivity contribution is 0.0723. The maximum absolute atomic E-state index is 13.2. The van der Waals surface area contributed by atoms with Gasteiger partial charge in [0.2, 0.25) is 5.89 Å². The van der Waals surface area contributed by atoms with E-state index in [2.05, 4.69) is 23.1 Å². The third kappa shape index (κ3) is 2.60. The maximum Gasteiger partial charge on any atom is 0.258 e. The average Bonchev–Trinajstić information content (AvgIpc) is 3.33. The number of para-hydroxylation sites is 1. The minimum absolute atomic E-state index is 0.0106. The topological polar surface area (TPSA) is 68.5 Å². The fourth-order valence-electron chi connectivity index (χ4n) is 3.73. The number of ether oxygens (including phenoxy) is 1. The smallest absolute Gasteiger partial charge is 0.258 e. The molecule has 1 aromatic heterocycles. The third-order valence-electron chi connectivity index (χ3n) is 5.37. The van der Waals surface area contributed by atoms with Gasteiger partial charge in [-0.05, 0) is 25.8 Å². The Bertz CT molecular complexity index is 801. The van der Waals surface area contributed by atoms with Crippen molar-refractivity contribution >= 4 is 5.91 Å². The van der Waals surface area contributed by atoms with Gasteiger partial charge in [0.05, 0.1) is 11.6 Å². The van der Waals surface area contributed by atoms with Crippen molar-refractivity contribution in [3.05, 3.63) is 41.0 Å². The summed E-state index contributed by atoms with van der Waals surface area (Å²) in [5.74, 6) is 2.24. The van der Waals surface area contributed by atoms with Gasteiger partial charge in [-0.3, -0.25) is 4.79 Å². The van der Waals surface area contributed by atoms with Gasteiger partial charge in [0, 0.05) is 24.4 Å². The van der Waals surface area contributed by atoms with Crippen LogP contribution in [-0.2, 0) is 6.42 Å². The van der Waals surface area contributed by atoms with E-state index in [0.717, 1.165) is 24.2 Å². The summed E-state index contributed by atoms with van der Waals surface area (Å²) >= 11 is 0. The minimum Gasteiger partial charge on any atom is -0.489 e. The summed E-state index contributed by atoms with van der Waals surface area (Å²) in [6.07, 6.45) is 2.58. The van der Waals surface area contributed by atoms with Crippen LogP contribution in [0.3, 0.4) is 0 Å². The molecule has 1 saturated heterocycles. The van der Waals surface area contributed by atoms with E-state index < -0.39 is 0 Å². The van der Waals surface area contributed by atoms with Gasteiger partial charge in [0.25, 0.3) is 5.91 Å². The highest BCUT2D eigenvalue weighted by atomic mass is 16.5. The van der Waals surface area contributed by atoms with E-state index in [9.17, 15) is 4.79 Å². The third-order valence-corrected chi connectivity index (χ3v) is 5.37. The molecule has 2 aliphatic heterocycles. The molecule has 6 heteroatoms. The van der Waals surface area contributed by atoms with Crippen LogP contribution >= 0.6 is 0 Å². The summed E-state index contributed by atoms with van der Waals surface area (Å²) in [7, 11) is 0. The van der Waals surface area contributed by atoms with Gasteiger partial charge in [-0.15, -0.1) is 0 Å². The average molecular weight is 341 g/mol. The molecule has 1 aromatic carbocycles. The van der Waals surface area contributed by atoms with Crippen LogP contribution in [-0.4, -0.2) is 33.6 Å². The van der Waals surface area contributed by atoms with Crippen LogP contribution in [0.2, 0.25) is 0 Å². The van der Waals surface area contributed by atoms with Gasteiger partial charge < -0.3 is 14.2 Å². The lowest BCUT2D eigenvalue weighted by atomic mass is 9.96. The standard InChI is InChI=1S/C19H23N3O3/c1-4-16-20-18(21-25-16)15-9-6-10-22(15)19(23)14-8-5-7-13-11(2)12(3)24-17(13)14/h5,7-8,11-12,15H,4,6,9-10H2,1-3H3/t11-,12+,15-/m0/s1. The van der Waals surface area contributed by atoms with Crippen molar-refractivity contribution in [1.82, 2.24) is 15.0 Å². The number of fused-ring (bicyclic) bond motifs is 1. The van der Waals surface area contributed by atoms with Crippen molar-refractivity contribution in [2.24, 2.45) is 0 Å². The second kappa shape index (κ2) is 6.17. The SMILES string of the molecule is CCc1nc([C@@H]2CCCN2C(=O)c2cccc3c2O[C@H](C)[C@@H]3C)no1. The van der Waals surface area contributed by atoms with E-state index in [-0.39, 0.29) is 18.1 Å². The molecular weight excluding hydrogens is 318 g/mol. The number of likely N-dealkylation sites (tertiary alicyclic amines) is 1. The van der Waals surface area contributed by atoms with Crippen molar-refractivity contribution < 1.29 is 14.1 Å². The van der Waals surface area contributed by atoms with Crippen LogP contribution in [0.5, 0.6) is 5.75 Å². The monoisotopic (exact) mass is 341 g/mol. The van der Waals surface area contributed by atoms with E-state index in [1.165, 1.54) is 0 Å². The van der Waals surface area contributed by atoms with Crippen molar-refractivity contribution in [1.29, 1.82) is 0 Å². The molecule has 0 unspecified atom stereocenters. The predicted molar refractivity (Wildman–Crippen MR) is 91.6 cm³/mol. The first-order valence-electron chi connectivity index (χ1n) is 9.03. The molecule has 2 aliphatic rings. The number of nitrogens with zero attached hydrogens (tertiary/aromatic N) is 3. The normalized spacial score (nSPS) is 25.1. The Labute approximate surface area is 147 Å². The zero-order chi connectivity index (χ0) is 17.6. The van der Waals surface area contributed by atoms with Crippen molar-refractivity contribution in [3.8, 4) is 5.75 Å². The van der Waals surface area contributed by atoms with E-state index in [4.69, 9.17) is 9.26 Å². The minimum atomic E-state index is -0.122. The Balaban J connectivity index is 1.65. The van der Waals surface area contributed by atoms with E-state index in [1.54, 1.807) is 0 Å². The zero-order valence-corrected chi connectivity index (χ0v) is 14.9. The molecule has 0 radical (unpaired) electrons. The molecule has 0 bridgehead atoms. The van der Waals surface area contributed by atoms with Gasteiger partial charge in [0.15, 0.2) is 5.82 Å². The summed E-state index contributed by atoms with van der Waals surface area (Å²) in [6, 6.07) is 5.73. The Morgan fingerprint density at radius 3 is 2.96 bits per heavy atom. The number of rotatable bonds is 3. The molecule has 6 nitrogen and oxygen atoms in total. The Morgan fingerprint density at radius 2 is 2.20 bits per heavy atom. The van der Waals surface area contributed by atoms with Crippen LogP contribution in [0.4, 0.5) is 0 Å². The molecule has 2 aromatic rings. The Morgan fingerprint density at radius 1 is 1.36 bits per heavy atom. The number of amides is 1. The molecule has 1 fully saturated rings. The van der Waals surface area contributed by atoms with Crippen LogP contribution in [0.1, 0.15) is 73.2 Å². The highest BCUT2D eigenvalue weighted by Gasteiger charge is 2.37. The molecule has 1 amide bonds. The molecule has 0 aliphatic carbocycles. The summed E-state index contributed by atoms with van der Waals surface area (Å²) in [5, 5.41) is 4.08. The second-order valence-electron chi connectivity index (χ2n) is 6.89. The number of hydrogen-bond acceptors (Lipinski definition) is 5. The van der Waals surface area contributed by atoms with Gasteiger partial charge in [-0.1, -0.05) is 31.1 Å². The fraction of sp³-hybridized carbons (Fsp3) is 0.526. The number of aryl methyl sites for hydroxylation is 1. The lowest BCUT2D eigenvalue weighted by Gasteiger charge is -2.23. The summed E-state index contributed by atoms with van der Waals surface area (Å²) < 4.78 is 11.2. The van der Waals surface area contributed by atoms with Crippen LogP contribution < -0.4 is 4.74 Å².